The number of hydrogen-bond acceptors (Lipinski definition) is 4. The zero-order chi connectivity index (χ0) is 20.2. The van der Waals surface area contributed by atoms with E-state index in [-0.39, 0.29) is 12.5 Å². The average Bonchev–Trinajstić information content (AvgIpc) is 2.77. The van der Waals surface area contributed by atoms with Gasteiger partial charge in [0.2, 0.25) is 0 Å². The second-order valence-electron chi connectivity index (χ2n) is 7.33. The van der Waals surface area contributed by atoms with E-state index in [1.165, 1.54) is 0 Å². The summed E-state index contributed by atoms with van der Waals surface area (Å²) in [5.41, 5.74) is 2.88. The number of carbonyl (C=O) groups excluding carboxylic acids is 2. The highest BCUT2D eigenvalue weighted by Crippen LogP contribution is 2.23. The number of carbonyl (C=O) groups is 2. The first-order chi connectivity index (χ1) is 14.1. The first kappa shape index (κ1) is 19.0. The smallest absolute Gasteiger partial charge is 0.260 e. The second-order valence-corrected chi connectivity index (χ2v) is 7.33. The topological polar surface area (TPSA) is 49.9 Å². The molecule has 0 aliphatic carbocycles. The van der Waals surface area contributed by atoms with Crippen molar-refractivity contribution in [2.75, 3.05) is 37.7 Å². The van der Waals surface area contributed by atoms with Gasteiger partial charge >= 0.3 is 0 Å². The summed E-state index contributed by atoms with van der Waals surface area (Å²) in [6, 6.07) is 19.7. The Bertz CT molecular complexity index is 1040. The monoisotopic (exact) mass is 388 g/mol. The number of benzene rings is 3. The van der Waals surface area contributed by atoms with Crippen LogP contribution in [0.4, 0.5) is 5.69 Å². The molecule has 1 heterocycles. The summed E-state index contributed by atoms with van der Waals surface area (Å²) < 4.78 is 5.75. The molecular formula is C24H24N2O3. The van der Waals surface area contributed by atoms with Gasteiger partial charge in [0, 0.05) is 37.4 Å². The Hall–Kier alpha value is -3.34. The van der Waals surface area contributed by atoms with Crippen LogP contribution < -0.4 is 9.64 Å². The Labute approximate surface area is 170 Å². The molecule has 1 amide bonds. The average molecular weight is 388 g/mol. The molecule has 0 aromatic heterocycles. The Morgan fingerprint density at radius 3 is 2.45 bits per heavy atom. The summed E-state index contributed by atoms with van der Waals surface area (Å²) in [4.78, 5) is 27.6. The Balaban J connectivity index is 1.32. The van der Waals surface area contributed by atoms with Gasteiger partial charge in [-0.2, -0.15) is 0 Å². The largest absolute Gasteiger partial charge is 0.484 e. The van der Waals surface area contributed by atoms with Gasteiger partial charge in [-0.25, -0.2) is 0 Å². The fourth-order valence-corrected chi connectivity index (χ4v) is 3.80. The molecule has 0 unspecified atom stereocenters. The zero-order valence-electron chi connectivity index (χ0n) is 16.5. The minimum Gasteiger partial charge on any atom is -0.484 e. The van der Waals surface area contributed by atoms with E-state index in [1.807, 2.05) is 66.4 Å². The quantitative estimate of drug-likeness (QED) is 0.626. The van der Waals surface area contributed by atoms with Crippen LogP contribution in [-0.2, 0) is 4.79 Å². The Morgan fingerprint density at radius 1 is 0.966 bits per heavy atom. The molecule has 3 aromatic carbocycles. The molecule has 1 saturated heterocycles. The summed E-state index contributed by atoms with van der Waals surface area (Å²) in [7, 11) is 0. The lowest BCUT2D eigenvalue weighted by atomic mass is 10.1. The van der Waals surface area contributed by atoms with E-state index >= 15 is 0 Å². The van der Waals surface area contributed by atoms with Crippen LogP contribution in [0.1, 0.15) is 15.9 Å². The van der Waals surface area contributed by atoms with Crippen molar-refractivity contribution in [2.24, 2.45) is 0 Å². The number of hydrogen-bond donors (Lipinski definition) is 0. The second kappa shape index (κ2) is 8.35. The number of ether oxygens (including phenoxy) is 1. The highest BCUT2D eigenvalue weighted by Gasteiger charge is 2.22. The number of rotatable bonds is 5. The SMILES string of the molecule is Cc1cc(C=O)ccc1N1CCN(C(=O)COc2ccc3ccccc3c2)CC1. The van der Waals surface area contributed by atoms with E-state index < -0.39 is 0 Å². The van der Waals surface area contributed by atoms with Crippen LogP contribution in [0.3, 0.4) is 0 Å². The van der Waals surface area contributed by atoms with Crippen LogP contribution in [0, 0.1) is 6.92 Å². The number of amides is 1. The molecule has 1 aliphatic heterocycles. The molecule has 0 N–H and O–H groups in total. The van der Waals surface area contributed by atoms with Gasteiger partial charge in [0.05, 0.1) is 0 Å². The molecular weight excluding hydrogens is 364 g/mol. The molecule has 0 spiro atoms. The standard InChI is InChI=1S/C24H24N2O3/c1-18-14-19(16-27)6-9-23(18)25-10-12-26(13-11-25)24(28)17-29-22-8-7-20-4-2-3-5-21(20)15-22/h2-9,14-16H,10-13,17H2,1H3. The van der Waals surface area contributed by atoms with Gasteiger partial charge in [-0.05, 0) is 53.6 Å². The van der Waals surface area contributed by atoms with Gasteiger partial charge < -0.3 is 14.5 Å². The van der Waals surface area contributed by atoms with Crippen molar-refractivity contribution in [3.8, 4) is 5.75 Å². The van der Waals surface area contributed by atoms with E-state index in [0.29, 0.717) is 24.4 Å². The third-order valence-corrected chi connectivity index (χ3v) is 5.41. The fourth-order valence-electron chi connectivity index (χ4n) is 3.80. The Morgan fingerprint density at radius 2 is 1.72 bits per heavy atom. The molecule has 5 heteroatoms. The van der Waals surface area contributed by atoms with Crippen LogP contribution in [0.25, 0.3) is 10.8 Å². The van der Waals surface area contributed by atoms with E-state index in [0.717, 1.165) is 41.4 Å². The highest BCUT2D eigenvalue weighted by molar-refractivity contribution is 5.84. The lowest BCUT2D eigenvalue weighted by molar-refractivity contribution is -0.133. The lowest BCUT2D eigenvalue weighted by Gasteiger charge is -2.36. The normalized spacial score (nSPS) is 14.1. The number of aryl methyl sites for hydroxylation is 1. The molecule has 1 aliphatic rings. The highest BCUT2D eigenvalue weighted by atomic mass is 16.5. The van der Waals surface area contributed by atoms with Crippen LogP contribution in [-0.4, -0.2) is 49.9 Å². The van der Waals surface area contributed by atoms with Gasteiger partial charge in [0.1, 0.15) is 12.0 Å². The Kier molecular flexibility index (Phi) is 5.47. The van der Waals surface area contributed by atoms with Crippen molar-refractivity contribution < 1.29 is 14.3 Å². The summed E-state index contributed by atoms with van der Waals surface area (Å²) in [5, 5.41) is 2.25. The van der Waals surface area contributed by atoms with Crippen molar-refractivity contribution in [1.29, 1.82) is 0 Å². The van der Waals surface area contributed by atoms with Gasteiger partial charge in [0.15, 0.2) is 6.61 Å². The third-order valence-electron chi connectivity index (χ3n) is 5.41. The van der Waals surface area contributed by atoms with Crippen LogP contribution in [0.2, 0.25) is 0 Å². The molecule has 4 rings (SSSR count). The van der Waals surface area contributed by atoms with Gasteiger partial charge in [0.25, 0.3) is 5.91 Å². The number of anilines is 1. The molecule has 148 valence electrons. The number of piperazine rings is 1. The van der Waals surface area contributed by atoms with Crippen molar-refractivity contribution >= 4 is 28.7 Å². The number of aldehydes is 1. The van der Waals surface area contributed by atoms with E-state index in [9.17, 15) is 9.59 Å². The molecule has 0 atom stereocenters. The summed E-state index contributed by atoms with van der Waals surface area (Å²) >= 11 is 0. The molecule has 0 radical (unpaired) electrons. The zero-order valence-corrected chi connectivity index (χ0v) is 16.5. The van der Waals surface area contributed by atoms with E-state index in [1.54, 1.807) is 0 Å². The van der Waals surface area contributed by atoms with Crippen LogP contribution in [0.5, 0.6) is 5.75 Å². The predicted molar refractivity (Wildman–Crippen MR) is 115 cm³/mol. The van der Waals surface area contributed by atoms with Gasteiger partial charge in [-0.3, -0.25) is 9.59 Å². The number of fused-ring (bicyclic) bond motifs is 1. The van der Waals surface area contributed by atoms with Crippen molar-refractivity contribution in [3.63, 3.8) is 0 Å². The third kappa shape index (κ3) is 4.24. The molecule has 29 heavy (non-hydrogen) atoms. The first-order valence-corrected chi connectivity index (χ1v) is 9.84. The lowest BCUT2D eigenvalue weighted by Crippen LogP contribution is -2.50. The number of nitrogens with zero attached hydrogens (tertiary/aromatic N) is 2. The van der Waals surface area contributed by atoms with Crippen molar-refractivity contribution in [2.45, 2.75) is 6.92 Å². The molecule has 1 fully saturated rings. The molecule has 3 aromatic rings. The van der Waals surface area contributed by atoms with E-state index in [4.69, 9.17) is 4.74 Å². The van der Waals surface area contributed by atoms with Gasteiger partial charge in [-0.15, -0.1) is 0 Å². The first-order valence-electron chi connectivity index (χ1n) is 9.84. The summed E-state index contributed by atoms with van der Waals surface area (Å²) in [5.74, 6) is 0.715. The fraction of sp³-hybridized carbons (Fsp3) is 0.250. The van der Waals surface area contributed by atoms with Crippen molar-refractivity contribution in [3.05, 3.63) is 71.8 Å². The van der Waals surface area contributed by atoms with Crippen molar-refractivity contribution in [1.82, 2.24) is 4.90 Å². The molecule has 0 bridgehead atoms. The molecule has 0 saturated carbocycles. The summed E-state index contributed by atoms with van der Waals surface area (Å²) in [6.45, 7) is 4.91. The summed E-state index contributed by atoms with van der Waals surface area (Å²) in [6.07, 6.45) is 0.864. The van der Waals surface area contributed by atoms with Crippen LogP contribution >= 0.6 is 0 Å². The maximum atomic E-state index is 12.6. The maximum Gasteiger partial charge on any atom is 0.260 e. The predicted octanol–water partition coefficient (Wildman–Crippen LogP) is 3.69. The minimum atomic E-state index is 0.00540. The minimum absolute atomic E-state index is 0.00540. The van der Waals surface area contributed by atoms with Crippen LogP contribution in [0.15, 0.2) is 60.7 Å². The molecule has 5 nitrogen and oxygen atoms in total. The van der Waals surface area contributed by atoms with Gasteiger partial charge in [-0.1, -0.05) is 30.3 Å². The van der Waals surface area contributed by atoms with E-state index in [2.05, 4.69) is 11.0 Å². The maximum absolute atomic E-state index is 12.6.